The van der Waals surface area contributed by atoms with Crippen molar-refractivity contribution in [2.45, 2.75) is 25.3 Å². The maximum absolute atomic E-state index is 6.23. The summed E-state index contributed by atoms with van der Waals surface area (Å²) in [5, 5.41) is 1.16. The Hall–Kier alpha value is -1.16. The summed E-state index contributed by atoms with van der Waals surface area (Å²) in [5.74, 6) is 0. The molecule has 0 spiro atoms. The number of nitrogens with two attached hydrogens (primary N) is 2. The number of hydrogen-bond acceptors (Lipinski definition) is 3. The first-order chi connectivity index (χ1) is 8.33. The second-order valence-electron chi connectivity index (χ2n) is 4.31. The highest BCUT2D eigenvalue weighted by atomic mass is 35.5. The van der Waals surface area contributed by atoms with Gasteiger partial charge >= 0.3 is 0 Å². The van der Waals surface area contributed by atoms with Crippen LogP contribution in [-0.4, -0.2) is 11.5 Å². The van der Waals surface area contributed by atoms with E-state index in [9.17, 15) is 0 Å². The Bertz CT molecular complexity index is 482. The van der Waals surface area contributed by atoms with Crippen LogP contribution >= 0.6 is 12.4 Å². The quantitative estimate of drug-likeness (QED) is 0.817. The molecule has 0 bridgehead atoms. The minimum Gasteiger partial charge on any atom is -0.330 e. The smallest absolute Gasteiger partial charge is 0.0705 e. The lowest BCUT2D eigenvalue weighted by molar-refractivity contribution is 0.593. The average Bonchev–Trinajstić information content (AvgIpc) is 2.38. The maximum atomic E-state index is 6.23. The van der Waals surface area contributed by atoms with Crippen molar-refractivity contribution < 1.29 is 0 Å². The van der Waals surface area contributed by atoms with Gasteiger partial charge in [0.2, 0.25) is 0 Å². The molecule has 2 rings (SSSR count). The van der Waals surface area contributed by atoms with Gasteiger partial charge in [0, 0.05) is 17.6 Å². The van der Waals surface area contributed by atoms with Crippen molar-refractivity contribution in [1.82, 2.24) is 4.98 Å². The Morgan fingerprint density at radius 1 is 1.11 bits per heavy atom. The van der Waals surface area contributed by atoms with E-state index in [0.29, 0.717) is 0 Å². The fourth-order valence-corrected chi connectivity index (χ4v) is 2.11. The van der Waals surface area contributed by atoms with E-state index in [1.165, 1.54) is 5.56 Å². The zero-order chi connectivity index (χ0) is 12.1. The van der Waals surface area contributed by atoms with Crippen molar-refractivity contribution in [3.8, 4) is 0 Å². The second kappa shape index (κ2) is 7.31. The number of hydrogen-bond donors (Lipinski definition) is 2. The third kappa shape index (κ3) is 3.42. The Balaban J connectivity index is 0.00000162. The molecule has 0 aliphatic carbocycles. The molecule has 1 atom stereocenters. The number of nitrogens with zero attached hydrogens (tertiary/aromatic N) is 1. The minimum atomic E-state index is 0. The number of para-hydroxylation sites is 1. The van der Waals surface area contributed by atoms with E-state index in [2.05, 4.69) is 11.1 Å². The summed E-state index contributed by atoms with van der Waals surface area (Å²) in [6.07, 6.45) is 4.93. The van der Waals surface area contributed by atoms with E-state index < -0.39 is 0 Å². The van der Waals surface area contributed by atoms with Crippen LogP contribution in [0.15, 0.2) is 36.5 Å². The SMILES string of the molecule is Cl.NCCCC[C@@H](N)c1ccnc2ccccc12. The van der Waals surface area contributed by atoms with Crippen LogP contribution in [0.25, 0.3) is 10.9 Å². The molecule has 1 heterocycles. The molecule has 18 heavy (non-hydrogen) atoms. The summed E-state index contributed by atoms with van der Waals surface area (Å²) in [6.45, 7) is 0.740. The minimum absolute atomic E-state index is 0. The number of fused-ring (bicyclic) bond motifs is 1. The summed E-state index contributed by atoms with van der Waals surface area (Å²) in [7, 11) is 0. The molecule has 4 heteroatoms. The largest absolute Gasteiger partial charge is 0.330 e. The fourth-order valence-electron chi connectivity index (χ4n) is 2.11. The first kappa shape index (κ1) is 14.9. The van der Waals surface area contributed by atoms with Gasteiger partial charge < -0.3 is 11.5 Å². The molecule has 4 N–H and O–H groups in total. The van der Waals surface area contributed by atoms with Crippen molar-refractivity contribution in [2.75, 3.05) is 6.54 Å². The zero-order valence-electron chi connectivity index (χ0n) is 10.4. The molecule has 0 amide bonds. The predicted molar refractivity (Wildman–Crippen MR) is 78.8 cm³/mol. The van der Waals surface area contributed by atoms with E-state index in [1.54, 1.807) is 0 Å². The number of unbranched alkanes of at least 4 members (excludes halogenated alkanes) is 1. The lowest BCUT2D eigenvalue weighted by Crippen LogP contribution is -2.11. The number of rotatable bonds is 5. The standard InChI is InChI=1S/C14H19N3.ClH/c15-9-4-3-6-13(16)11-8-10-17-14-7-2-1-5-12(11)14;/h1-2,5,7-8,10,13H,3-4,6,9,15-16H2;1H/t13-;/m1./s1. The molecule has 0 radical (unpaired) electrons. The zero-order valence-corrected chi connectivity index (χ0v) is 11.2. The van der Waals surface area contributed by atoms with Gasteiger partial charge in [-0.1, -0.05) is 24.6 Å². The molecule has 0 aliphatic heterocycles. The van der Waals surface area contributed by atoms with Gasteiger partial charge in [-0.15, -0.1) is 12.4 Å². The maximum Gasteiger partial charge on any atom is 0.0705 e. The second-order valence-corrected chi connectivity index (χ2v) is 4.31. The van der Waals surface area contributed by atoms with Gasteiger partial charge in [0.25, 0.3) is 0 Å². The van der Waals surface area contributed by atoms with Gasteiger partial charge in [0.15, 0.2) is 0 Å². The van der Waals surface area contributed by atoms with Crippen molar-refractivity contribution in [1.29, 1.82) is 0 Å². The van der Waals surface area contributed by atoms with Crippen LogP contribution in [0, 0.1) is 0 Å². The Morgan fingerprint density at radius 2 is 1.89 bits per heavy atom. The topological polar surface area (TPSA) is 64.9 Å². The van der Waals surface area contributed by atoms with Crippen LogP contribution in [0.1, 0.15) is 30.9 Å². The summed E-state index contributed by atoms with van der Waals surface area (Å²) in [5.41, 5.74) is 13.9. The molecule has 0 saturated carbocycles. The van der Waals surface area contributed by atoms with Crippen LogP contribution < -0.4 is 11.5 Å². The highest BCUT2D eigenvalue weighted by Gasteiger charge is 2.09. The van der Waals surface area contributed by atoms with Crippen LogP contribution in [0.2, 0.25) is 0 Å². The highest BCUT2D eigenvalue weighted by molar-refractivity contribution is 5.85. The van der Waals surface area contributed by atoms with Crippen molar-refractivity contribution in [2.24, 2.45) is 11.5 Å². The lowest BCUT2D eigenvalue weighted by atomic mass is 9.98. The Kier molecular flexibility index (Phi) is 6.05. The van der Waals surface area contributed by atoms with Gasteiger partial charge in [-0.05, 0) is 37.1 Å². The molecule has 98 valence electrons. The number of halogens is 1. The molecule has 0 unspecified atom stereocenters. The molecule has 0 saturated heterocycles. The van der Waals surface area contributed by atoms with Gasteiger partial charge in [-0.2, -0.15) is 0 Å². The number of pyridine rings is 1. The highest BCUT2D eigenvalue weighted by Crippen LogP contribution is 2.24. The molecular weight excluding hydrogens is 246 g/mol. The van der Waals surface area contributed by atoms with E-state index in [-0.39, 0.29) is 18.4 Å². The molecule has 3 nitrogen and oxygen atoms in total. The molecule has 1 aromatic carbocycles. The summed E-state index contributed by atoms with van der Waals surface area (Å²) in [6, 6.07) is 10.2. The molecule has 2 aromatic rings. The van der Waals surface area contributed by atoms with E-state index >= 15 is 0 Å². The molecular formula is C14H20ClN3. The van der Waals surface area contributed by atoms with E-state index in [1.807, 2.05) is 30.5 Å². The Labute approximate surface area is 114 Å². The van der Waals surface area contributed by atoms with Gasteiger partial charge in [0.1, 0.15) is 0 Å². The molecule has 0 aliphatic rings. The predicted octanol–water partition coefficient (Wildman–Crippen LogP) is 2.79. The van der Waals surface area contributed by atoms with Crippen LogP contribution in [-0.2, 0) is 0 Å². The summed E-state index contributed by atoms with van der Waals surface area (Å²) >= 11 is 0. The van der Waals surface area contributed by atoms with Crippen LogP contribution in [0.4, 0.5) is 0 Å². The summed E-state index contributed by atoms with van der Waals surface area (Å²) in [4.78, 5) is 4.35. The normalized spacial score (nSPS) is 12.1. The van der Waals surface area contributed by atoms with Crippen molar-refractivity contribution in [3.05, 3.63) is 42.1 Å². The van der Waals surface area contributed by atoms with Crippen LogP contribution in [0.3, 0.4) is 0 Å². The Morgan fingerprint density at radius 3 is 2.67 bits per heavy atom. The first-order valence-electron chi connectivity index (χ1n) is 6.12. The van der Waals surface area contributed by atoms with Gasteiger partial charge in [0.05, 0.1) is 5.52 Å². The number of benzene rings is 1. The molecule has 0 fully saturated rings. The van der Waals surface area contributed by atoms with Crippen LogP contribution in [0.5, 0.6) is 0 Å². The van der Waals surface area contributed by atoms with Gasteiger partial charge in [-0.3, -0.25) is 4.98 Å². The number of aromatic nitrogens is 1. The lowest BCUT2D eigenvalue weighted by Gasteiger charge is -2.14. The third-order valence-corrected chi connectivity index (χ3v) is 3.05. The van der Waals surface area contributed by atoms with Crippen molar-refractivity contribution in [3.63, 3.8) is 0 Å². The average molecular weight is 266 g/mol. The monoisotopic (exact) mass is 265 g/mol. The third-order valence-electron chi connectivity index (χ3n) is 3.05. The summed E-state index contributed by atoms with van der Waals surface area (Å²) < 4.78 is 0. The fraction of sp³-hybridized carbons (Fsp3) is 0.357. The van der Waals surface area contributed by atoms with Crippen molar-refractivity contribution >= 4 is 23.3 Å². The van der Waals surface area contributed by atoms with E-state index in [0.717, 1.165) is 36.7 Å². The van der Waals surface area contributed by atoms with E-state index in [4.69, 9.17) is 11.5 Å². The molecule has 1 aromatic heterocycles. The first-order valence-corrected chi connectivity index (χ1v) is 6.12. The van der Waals surface area contributed by atoms with Gasteiger partial charge in [-0.25, -0.2) is 0 Å².